The van der Waals surface area contributed by atoms with Gasteiger partial charge in [-0.1, -0.05) is 19.1 Å². The van der Waals surface area contributed by atoms with Crippen LogP contribution in [0.5, 0.6) is 5.75 Å². The van der Waals surface area contributed by atoms with Gasteiger partial charge in [-0.25, -0.2) is 8.78 Å². The topological polar surface area (TPSA) is 42.4 Å². The summed E-state index contributed by atoms with van der Waals surface area (Å²) in [6.07, 6.45) is 3.75. The number of benzene rings is 1. The molecule has 0 aliphatic rings. The molecule has 112 valence electrons. The van der Waals surface area contributed by atoms with Crippen molar-refractivity contribution in [1.82, 2.24) is 4.98 Å². The largest absolute Gasteiger partial charge is 0.492 e. The Hall–Kier alpha value is -2.01. The number of ether oxygens (including phenoxy) is 1. The highest BCUT2D eigenvalue weighted by Crippen LogP contribution is 2.32. The molecule has 21 heavy (non-hydrogen) atoms. The fraction of sp³-hybridized carbons (Fsp3) is 0.312. The van der Waals surface area contributed by atoms with Gasteiger partial charge >= 0.3 is 0 Å². The monoisotopic (exact) mass is 293 g/mol. The van der Waals surface area contributed by atoms with Crippen molar-refractivity contribution in [2.45, 2.75) is 25.9 Å². The number of hydrogen-bond acceptors (Lipinski definition) is 3. The van der Waals surface area contributed by atoms with Crippen molar-refractivity contribution in [3.8, 4) is 5.75 Å². The van der Waals surface area contributed by atoms with E-state index in [2.05, 4.69) is 4.98 Å². The molecular formula is C16H17F2NO2. The molecular weight excluding hydrogens is 276 g/mol. The van der Waals surface area contributed by atoms with Gasteiger partial charge in [-0.05, 0) is 25.5 Å². The molecule has 3 nitrogen and oxygen atoms in total. The van der Waals surface area contributed by atoms with Crippen molar-refractivity contribution in [2.24, 2.45) is 0 Å². The molecule has 0 aliphatic carbocycles. The summed E-state index contributed by atoms with van der Waals surface area (Å²) in [5, 5.41) is 10.6. The molecule has 1 atom stereocenters. The van der Waals surface area contributed by atoms with Crippen LogP contribution >= 0.6 is 0 Å². The number of pyridine rings is 1. The Kier molecular flexibility index (Phi) is 4.53. The van der Waals surface area contributed by atoms with Gasteiger partial charge in [0.1, 0.15) is 11.4 Å². The summed E-state index contributed by atoms with van der Waals surface area (Å²) in [5.41, 5.74) is -1.51. The zero-order valence-electron chi connectivity index (χ0n) is 11.9. The lowest BCUT2D eigenvalue weighted by Gasteiger charge is -2.25. The number of aromatic nitrogens is 1. The summed E-state index contributed by atoms with van der Waals surface area (Å²) < 4.78 is 32.7. The lowest BCUT2D eigenvalue weighted by molar-refractivity contribution is 0.0962. The van der Waals surface area contributed by atoms with Gasteiger partial charge in [0.25, 0.3) is 0 Å². The summed E-state index contributed by atoms with van der Waals surface area (Å²) in [5.74, 6) is -1.59. The molecule has 0 spiro atoms. The molecule has 1 aromatic heterocycles. The lowest BCUT2D eigenvalue weighted by atomic mass is 9.88. The summed E-state index contributed by atoms with van der Waals surface area (Å²) >= 11 is 0. The van der Waals surface area contributed by atoms with E-state index in [9.17, 15) is 13.9 Å². The van der Waals surface area contributed by atoms with E-state index in [0.717, 1.165) is 12.5 Å². The van der Waals surface area contributed by atoms with E-state index in [0.29, 0.717) is 17.9 Å². The van der Waals surface area contributed by atoms with Crippen molar-refractivity contribution < 1.29 is 18.6 Å². The van der Waals surface area contributed by atoms with Crippen molar-refractivity contribution in [1.29, 1.82) is 0 Å². The van der Waals surface area contributed by atoms with Gasteiger partial charge in [0.15, 0.2) is 11.6 Å². The van der Waals surface area contributed by atoms with E-state index in [4.69, 9.17) is 4.74 Å². The predicted molar refractivity (Wildman–Crippen MR) is 75.1 cm³/mol. The van der Waals surface area contributed by atoms with Crippen molar-refractivity contribution >= 4 is 0 Å². The molecule has 2 rings (SSSR count). The number of hydrogen-bond donors (Lipinski definition) is 1. The third-order valence-corrected chi connectivity index (χ3v) is 3.22. The van der Waals surface area contributed by atoms with Crippen molar-refractivity contribution in [2.75, 3.05) is 6.61 Å². The normalized spacial score (nSPS) is 13.8. The van der Waals surface area contributed by atoms with Crippen LogP contribution in [0.2, 0.25) is 0 Å². The number of rotatable bonds is 5. The Bertz CT molecular complexity index is 629. The Labute approximate surface area is 122 Å². The van der Waals surface area contributed by atoms with Crippen LogP contribution in [-0.4, -0.2) is 16.7 Å². The second-order valence-corrected chi connectivity index (χ2v) is 4.93. The van der Waals surface area contributed by atoms with Crippen LogP contribution in [0, 0.1) is 11.6 Å². The molecule has 0 fully saturated rings. The number of aliphatic hydroxyl groups is 1. The molecule has 0 amide bonds. The standard InChI is InChI=1S/C16H17F2NO2/c1-3-7-21-12-8-11(9-19-10-12)16(2,20)13-5-4-6-14(17)15(13)18/h4-6,8-10,20H,3,7H2,1-2H3. The second kappa shape index (κ2) is 6.18. The molecule has 0 saturated heterocycles. The first-order chi connectivity index (χ1) is 9.96. The van der Waals surface area contributed by atoms with Crippen LogP contribution in [0.4, 0.5) is 8.78 Å². The molecule has 1 unspecified atom stereocenters. The van der Waals surface area contributed by atoms with Gasteiger partial charge in [0.05, 0.1) is 12.8 Å². The highest BCUT2D eigenvalue weighted by Gasteiger charge is 2.30. The van der Waals surface area contributed by atoms with E-state index in [1.165, 1.54) is 31.5 Å². The number of halogens is 2. The average molecular weight is 293 g/mol. The van der Waals surface area contributed by atoms with Gasteiger partial charge < -0.3 is 9.84 Å². The third kappa shape index (κ3) is 3.19. The first kappa shape index (κ1) is 15.4. The van der Waals surface area contributed by atoms with E-state index in [1.54, 1.807) is 6.07 Å². The van der Waals surface area contributed by atoms with Gasteiger partial charge in [0.2, 0.25) is 0 Å². The van der Waals surface area contributed by atoms with Gasteiger partial charge in [-0.3, -0.25) is 4.98 Å². The van der Waals surface area contributed by atoms with Gasteiger partial charge in [0, 0.05) is 17.3 Å². The van der Waals surface area contributed by atoms with E-state index < -0.39 is 17.2 Å². The SMILES string of the molecule is CCCOc1cncc(C(C)(O)c2cccc(F)c2F)c1. The van der Waals surface area contributed by atoms with E-state index in [1.807, 2.05) is 6.92 Å². The van der Waals surface area contributed by atoms with Gasteiger partial charge in [-0.15, -0.1) is 0 Å². The van der Waals surface area contributed by atoms with Crippen molar-refractivity contribution in [3.05, 3.63) is 59.4 Å². The minimum absolute atomic E-state index is 0.142. The fourth-order valence-corrected chi connectivity index (χ4v) is 2.02. The summed E-state index contributed by atoms with van der Waals surface area (Å²) in [6.45, 7) is 3.88. The fourth-order valence-electron chi connectivity index (χ4n) is 2.02. The zero-order valence-corrected chi connectivity index (χ0v) is 11.9. The van der Waals surface area contributed by atoms with E-state index in [-0.39, 0.29) is 5.56 Å². The first-order valence-electron chi connectivity index (χ1n) is 6.72. The van der Waals surface area contributed by atoms with Crippen LogP contribution in [0.25, 0.3) is 0 Å². The Balaban J connectivity index is 2.41. The molecule has 0 bridgehead atoms. The van der Waals surface area contributed by atoms with Gasteiger partial charge in [-0.2, -0.15) is 0 Å². The molecule has 1 N–H and O–H groups in total. The molecule has 0 radical (unpaired) electrons. The summed E-state index contributed by atoms with van der Waals surface area (Å²) in [6, 6.07) is 5.28. The highest BCUT2D eigenvalue weighted by molar-refractivity contribution is 5.37. The lowest BCUT2D eigenvalue weighted by Crippen LogP contribution is -2.25. The number of nitrogens with zero attached hydrogens (tertiary/aromatic N) is 1. The first-order valence-corrected chi connectivity index (χ1v) is 6.72. The van der Waals surface area contributed by atoms with Crippen LogP contribution in [0.15, 0.2) is 36.7 Å². The maximum atomic E-state index is 13.9. The third-order valence-electron chi connectivity index (χ3n) is 3.22. The molecule has 0 aliphatic heterocycles. The van der Waals surface area contributed by atoms with E-state index >= 15 is 0 Å². The zero-order chi connectivity index (χ0) is 15.5. The molecule has 1 heterocycles. The average Bonchev–Trinajstić information content (AvgIpc) is 2.48. The molecule has 2 aromatic rings. The smallest absolute Gasteiger partial charge is 0.165 e. The van der Waals surface area contributed by atoms with Crippen LogP contribution in [0.1, 0.15) is 31.4 Å². The van der Waals surface area contributed by atoms with Crippen LogP contribution in [0.3, 0.4) is 0 Å². The molecule has 5 heteroatoms. The Morgan fingerprint density at radius 1 is 1.29 bits per heavy atom. The maximum absolute atomic E-state index is 13.9. The predicted octanol–water partition coefficient (Wildman–Crippen LogP) is 3.40. The summed E-state index contributed by atoms with van der Waals surface area (Å²) in [7, 11) is 0. The maximum Gasteiger partial charge on any atom is 0.165 e. The molecule has 1 aromatic carbocycles. The quantitative estimate of drug-likeness (QED) is 0.918. The van der Waals surface area contributed by atoms with Crippen LogP contribution in [-0.2, 0) is 5.60 Å². The van der Waals surface area contributed by atoms with Crippen LogP contribution < -0.4 is 4.74 Å². The highest BCUT2D eigenvalue weighted by atomic mass is 19.2. The molecule has 0 saturated carbocycles. The minimum Gasteiger partial charge on any atom is -0.492 e. The summed E-state index contributed by atoms with van der Waals surface area (Å²) in [4.78, 5) is 3.98. The Morgan fingerprint density at radius 2 is 2.05 bits per heavy atom. The van der Waals surface area contributed by atoms with Crippen molar-refractivity contribution in [3.63, 3.8) is 0 Å². The Morgan fingerprint density at radius 3 is 2.76 bits per heavy atom. The minimum atomic E-state index is -1.70. The second-order valence-electron chi connectivity index (χ2n) is 4.93.